The molecule has 2 aromatic rings. The first-order valence-corrected chi connectivity index (χ1v) is 11.2. The number of nitrogens with zero attached hydrogens (tertiary/aromatic N) is 1. The Labute approximate surface area is 171 Å². The third-order valence-electron chi connectivity index (χ3n) is 6.66. The summed E-state index contributed by atoms with van der Waals surface area (Å²) < 4.78 is 13.0. The monoisotopic (exact) mass is 381 g/mol. The van der Waals surface area contributed by atoms with Gasteiger partial charge >= 0.3 is 0 Å². The van der Waals surface area contributed by atoms with Gasteiger partial charge in [-0.25, -0.2) is 4.39 Å². The van der Waals surface area contributed by atoms with Crippen LogP contribution in [0.1, 0.15) is 55.7 Å². The fraction of sp³-hybridized carbons (Fsp3) is 0.538. The van der Waals surface area contributed by atoms with Crippen LogP contribution in [0.5, 0.6) is 0 Å². The molecule has 1 saturated heterocycles. The van der Waals surface area contributed by atoms with Crippen LogP contribution in [0.25, 0.3) is 0 Å². The van der Waals surface area contributed by atoms with Crippen LogP contribution >= 0.6 is 0 Å². The highest BCUT2D eigenvalue weighted by Crippen LogP contribution is 2.29. The minimum atomic E-state index is -0.141. The molecule has 0 amide bonds. The highest BCUT2D eigenvalue weighted by atomic mass is 19.1. The van der Waals surface area contributed by atoms with E-state index in [0.717, 1.165) is 24.8 Å². The van der Waals surface area contributed by atoms with E-state index in [2.05, 4.69) is 43.0 Å². The summed E-state index contributed by atoms with van der Waals surface area (Å²) >= 11 is 0. The molecule has 0 radical (unpaired) electrons. The summed E-state index contributed by atoms with van der Waals surface area (Å²) in [6.45, 7) is 8.14. The highest BCUT2D eigenvalue weighted by molar-refractivity contribution is 5.25. The van der Waals surface area contributed by atoms with E-state index in [9.17, 15) is 4.39 Å². The van der Waals surface area contributed by atoms with Crippen molar-refractivity contribution in [3.8, 4) is 0 Å². The zero-order chi connectivity index (χ0) is 19.8. The van der Waals surface area contributed by atoms with E-state index < -0.39 is 0 Å². The van der Waals surface area contributed by atoms with Crippen molar-refractivity contribution in [2.75, 3.05) is 19.6 Å². The molecule has 28 heavy (non-hydrogen) atoms. The summed E-state index contributed by atoms with van der Waals surface area (Å²) in [5.74, 6) is 1.61. The molecule has 2 aromatic carbocycles. The summed E-state index contributed by atoms with van der Waals surface area (Å²) in [6, 6.07) is 15.8. The quantitative estimate of drug-likeness (QED) is 0.483. The molecule has 0 aliphatic carbocycles. The molecule has 0 bridgehead atoms. The second-order valence-corrected chi connectivity index (χ2v) is 8.64. The maximum atomic E-state index is 13.0. The number of aryl methyl sites for hydroxylation is 2. The number of piperidine rings is 1. The predicted octanol–water partition coefficient (Wildman–Crippen LogP) is 6.44. The van der Waals surface area contributed by atoms with Crippen molar-refractivity contribution in [2.24, 2.45) is 11.8 Å². The SMILES string of the molecule is CCC(CCc1ccccc1C)CC1CCN(CCc2ccc(F)cc2)CC1. The van der Waals surface area contributed by atoms with Gasteiger partial charge in [-0.1, -0.05) is 49.7 Å². The summed E-state index contributed by atoms with van der Waals surface area (Å²) in [5.41, 5.74) is 4.20. The molecule has 0 aromatic heterocycles. The van der Waals surface area contributed by atoms with Crippen LogP contribution in [0.3, 0.4) is 0 Å². The summed E-state index contributed by atoms with van der Waals surface area (Å²) in [4.78, 5) is 2.59. The van der Waals surface area contributed by atoms with Gasteiger partial charge in [0, 0.05) is 6.54 Å². The number of hydrogen-bond acceptors (Lipinski definition) is 1. The highest BCUT2D eigenvalue weighted by Gasteiger charge is 2.21. The number of rotatable bonds is 9. The number of hydrogen-bond donors (Lipinski definition) is 0. The summed E-state index contributed by atoms with van der Waals surface area (Å²) in [7, 11) is 0. The molecule has 1 unspecified atom stereocenters. The van der Waals surface area contributed by atoms with Crippen LogP contribution in [0.2, 0.25) is 0 Å². The fourth-order valence-corrected chi connectivity index (χ4v) is 4.59. The maximum Gasteiger partial charge on any atom is 0.123 e. The molecule has 152 valence electrons. The van der Waals surface area contributed by atoms with E-state index in [0.29, 0.717) is 0 Å². The van der Waals surface area contributed by atoms with Gasteiger partial charge in [-0.05, 0) is 99.2 Å². The van der Waals surface area contributed by atoms with Gasteiger partial charge in [0.25, 0.3) is 0 Å². The molecule has 2 heteroatoms. The fourth-order valence-electron chi connectivity index (χ4n) is 4.59. The van der Waals surface area contributed by atoms with Crippen LogP contribution in [0, 0.1) is 24.6 Å². The van der Waals surface area contributed by atoms with Crippen molar-refractivity contribution >= 4 is 0 Å². The number of benzene rings is 2. The second kappa shape index (κ2) is 10.8. The first kappa shape index (κ1) is 21.0. The topological polar surface area (TPSA) is 3.24 Å². The number of halogens is 1. The normalized spacial score (nSPS) is 17.0. The Bertz CT molecular complexity index is 701. The van der Waals surface area contributed by atoms with Crippen LogP contribution < -0.4 is 0 Å². The lowest BCUT2D eigenvalue weighted by atomic mass is 9.83. The minimum Gasteiger partial charge on any atom is -0.303 e. The molecule has 0 N–H and O–H groups in total. The lowest BCUT2D eigenvalue weighted by Gasteiger charge is -2.33. The zero-order valence-electron chi connectivity index (χ0n) is 17.7. The van der Waals surface area contributed by atoms with E-state index in [-0.39, 0.29) is 5.82 Å². The molecule has 1 atom stereocenters. The second-order valence-electron chi connectivity index (χ2n) is 8.64. The molecular formula is C26H36FN. The Morgan fingerprint density at radius 1 is 1.00 bits per heavy atom. The maximum absolute atomic E-state index is 13.0. The van der Waals surface area contributed by atoms with Crippen LogP contribution in [-0.4, -0.2) is 24.5 Å². The zero-order valence-corrected chi connectivity index (χ0v) is 17.7. The first-order valence-electron chi connectivity index (χ1n) is 11.2. The summed E-state index contributed by atoms with van der Waals surface area (Å²) in [5, 5.41) is 0. The van der Waals surface area contributed by atoms with Gasteiger partial charge in [0.15, 0.2) is 0 Å². The molecule has 1 aliphatic rings. The Hall–Kier alpha value is -1.67. The Morgan fingerprint density at radius 3 is 2.39 bits per heavy atom. The van der Waals surface area contributed by atoms with Gasteiger partial charge in [-0.3, -0.25) is 0 Å². The van der Waals surface area contributed by atoms with E-state index in [1.807, 2.05) is 12.1 Å². The third-order valence-corrected chi connectivity index (χ3v) is 6.66. The lowest BCUT2D eigenvalue weighted by Crippen LogP contribution is -2.35. The molecule has 1 nitrogen and oxygen atoms in total. The third kappa shape index (κ3) is 6.44. The van der Waals surface area contributed by atoms with Crippen molar-refractivity contribution in [1.82, 2.24) is 4.90 Å². The van der Waals surface area contributed by atoms with Gasteiger partial charge < -0.3 is 4.90 Å². The molecule has 0 spiro atoms. The first-order chi connectivity index (χ1) is 13.6. The molecule has 1 heterocycles. The van der Waals surface area contributed by atoms with Gasteiger partial charge in [0.05, 0.1) is 0 Å². The standard InChI is InChI=1S/C26H36FN/c1-3-22(8-11-25-7-5-4-6-21(25)2)20-24-15-18-28(19-16-24)17-14-23-9-12-26(27)13-10-23/h4-7,9-10,12-13,22,24H,3,8,11,14-20H2,1-2H3. The minimum absolute atomic E-state index is 0.141. The van der Waals surface area contributed by atoms with E-state index in [1.54, 1.807) is 12.1 Å². The average molecular weight is 382 g/mol. The van der Waals surface area contributed by atoms with E-state index in [1.165, 1.54) is 68.3 Å². The van der Waals surface area contributed by atoms with Crippen LogP contribution in [0.15, 0.2) is 48.5 Å². The predicted molar refractivity (Wildman–Crippen MR) is 117 cm³/mol. The van der Waals surface area contributed by atoms with Crippen molar-refractivity contribution in [3.05, 3.63) is 71.0 Å². The van der Waals surface area contributed by atoms with Gasteiger partial charge in [-0.15, -0.1) is 0 Å². The Balaban J connectivity index is 1.37. The van der Waals surface area contributed by atoms with Crippen molar-refractivity contribution in [2.45, 2.75) is 58.8 Å². The van der Waals surface area contributed by atoms with Crippen molar-refractivity contribution in [3.63, 3.8) is 0 Å². The van der Waals surface area contributed by atoms with Crippen molar-refractivity contribution in [1.29, 1.82) is 0 Å². The average Bonchev–Trinajstić information content (AvgIpc) is 2.72. The van der Waals surface area contributed by atoms with Gasteiger partial charge in [0.2, 0.25) is 0 Å². The molecule has 3 rings (SSSR count). The van der Waals surface area contributed by atoms with Crippen LogP contribution in [0.4, 0.5) is 4.39 Å². The summed E-state index contributed by atoms with van der Waals surface area (Å²) in [6.07, 6.45) is 8.95. The lowest BCUT2D eigenvalue weighted by molar-refractivity contribution is 0.165. The number of likely N-dealkylation sites (tertiary alicyclic amines) is 1. The molecule has 1 fully saturated rings. The Kier molecular flexibility index (Phi) is 8.09. The van der Waals surface area contributed by atoms with Gasteiger partial charge in [-0.2, -0.15) is 0 Å². The largest absolute Gasteiger partial charge is 0.303 e. The molecule has 1 aliphatic heterocycles. The molecular weight excluding hydrogens is 345 g/mol. The van der Waals surface area contributed by atoms with Crippen molar-refractivity contribution < 1.29 is 4.39 Å². The van der Waals surface area contributed by atoms with E-state index in [4.69, 9.17) is 0 Å². The van der Waals surface area contributed by atoms with E-state index >= 15 is 0 Å². The Morgan fingerprint density at radius 2 is 1.71 bits per heavy atom. The van der Waals surface area contributed by atoms with Gasteiger partial charge in [0.1, 0.15) is 5.82 Å². The molecule has 0 saturated carbocycles. The van der Waals surface area contributed by atoms with Crippen LogP contribution in [-0.2, 0) is 12.8 Å². The smallest absolute Gasteiger partial charge is 0.123 e.